The Hall–Kier alpha value is -1.65. The van der Waals surface area contributed by atoms with E-state index in [1.165, 1.54) is 0 Å². The fourth-order valence-corrected chi connectivity index (χ4v) is 1.84. The van der Waals surface area contributed by atoms with E-state index in [0.29, 0.717) is 25.7 Å². The third-order valence-electron chi connectivity index (χ3n) is 2.67. The van der Waals surface area contributed by atoms with Gasteiger partial charge in [0.25, 0.3) is 0 Å². The van der Waals surface area contributed by atoms with Crippen LogP contribution in [0, 0.1) is 0 Å². The summed E-state index contributed by atoms with van der Waals surface area (Å²) in [4.78, 5) is 4.24. The molecule has 1 fully saturated rings. The number of ether oxygens (including phenoxy) is 3. The van der Waals surface area contributed by atoms with Crippen molar-refractivity contribution in [3.63, 3.8) is 0 Å². The van der Waals surface area contributed by atoms with E-state index in [1.807, 2.05) is 30.3 Å². The van der Waals surface area contributed by atoms with Gasteiger partial charge in [0, 0.05) is 11.6 Å². The van der Waals surface area contributed by atoms with Crippen molar-refractivity contribution in [2.45, 2.75) is 6.29 Å². The largest absolute Gasteiger partial charge is 0.445 e. The van der Waals surface area contributed by atoms with Crippen LogP contribution in [0.15, 0.2) is 36.5 Å². The van der Waals surface area contributed by atoms with Gasteiger partial charge in [-0.3, -0.25) is 0 Å². The fourth-order valence-electron chi connectivity index (χ4n) is 1.84. The molecule has 0 bridgehead atoms. The van der Waals surface area contributed by atoms with Gasteiger partial charge in [-0.2, -0.15) is 0 Å². The molecule has 4 heteroatoms. The van der Waals surface area contributed by atoms with E-state index >= 15 is 0 Å². The molecule has 1 aromatic heterocycles. The second-order valence-corrected chi connectivity index (χ2v) is 3.83. The molecule has 1 aliphatic rings. The lowest BCUT2D eigenvalue weighted by molar-refractivity contribution is -0.171. The molecule has 2 heterocycles. The predicted octanol–water partition coefficient (Wildman–Crippen LogP) is 1.99. The molecule has 2 aromatic rings. The molecule has 0 aliphatic carbocycles. The average molecular weight is 231 g/mol. The Bertz CT molecular complexity index is 503. The van der Waals surface area contributed by atoms with E-state index in [1.54, 1.807) is 6.20 Å². The van der Waals surface area contributed by atoms with Gasteiger partial charge in [0.05, 0.1) is 13.2 Å². The summed E-state index contributed by atoms with van der Waals surface area (Å²) in [6.07, 6.45) is 1.38. The molecule has 1 saturated heterocycles. The number of hydrogen-bond donors (Lipinski definition) is 0. The van der Waals surface area contributed by atoms with Crippen molar-refractivity contribution in [2.24, 2.45) is 0 Å². The Balaban J connectivity index is 1.89. The first kappa shape index (κ1) is 10.5. The molecule has 17 heavy (non-hydrogen) atoms. The number of fused-ring (bicyclic) bond motifs is 1. The quantitative estimate of drug-likeness (QED) is 0.792. The summed E-state index contributed by atoms with van der Waals surface area (Å²) in [5, 5.41) is 2.10. The van der Waals surface area contributed by atoms with E-state index in [4.69, 9.17) is 14.2 Å². The van der Waals surface area contributed by atoms with Gasteiger partial charge in [0.1, 0.15) is 6.61 Å². The summed E-state index contributed by atoms with van der Waals surface area (Å²) in [5.74, 6) is 0.596. The summed E-state index contributed by atoms with van der Waals surface area (Å²) in [7, 11) is 0. The highest BCUT2D eigenvalue weighted by Crippen LogP contribution is 2.23. The number of pyridine rings is 1. The van der Waals surface area contributed by atoms with Gasteiger partial charge >= 0.3 is 0 Å². The molecule has 0 unspecified atom stereocenters. The van der Waals surface area contributed by atoms with Crippen LogP contribution in [0.2, 0.25) is 0 Å². The molecular formula is C13H13NO3. The average Bonchev–Trinajstić information content (AvgIpc) is 2.40. The fraction of sp³-hybridized carbons (Fsp3) is 0.308. The van der Waals surface area contributed by atoms with Crippen molar-refractivity contribution >= 4 is 10.8 Å². The minimum absolute atomic E-state index is 0.359. The lowest BCUT2D eigenvalue weighted by atomic mass is 10.2. The second-order valence-electron chi connectivity index (χ2n) is 3.83. The number of hydrogen-bond acceptors (Lipinski definition) is 4. The minimum atomic E-state index is -0.359. The standard InChI is InChI=1S/C13H13NO3/c1-2-4-11-10(3-1)5-6-14-13(11)17-12-9-15-7-8-16-12/h1-6,12H,7-9H2/t12-/m1/s1. The summed E-state index contributed by atoms with van der Waals surface area (Å²) >= 11 is 0. The zero-order valence-electron chi connectivity index (χ0n) is 9.33. The van der Waals surface area contributed by atoms with Crippen LogP contribution in [-0.4, -0.2) is 31.1 Å². The molecule has 1 aliphatic heterocycles. The first-order valence-electron chi connectivity index (χ1n) is 5.63. The summed E-state index contributed by atoms with van der Waals surface area (Å²) < 4.78 is 16.4. The third kappa shape index (κ3) is 2.23. The summed E-state index contributed by atoms with van der Waals surface area (Å²) in [5.41, 5.74) is 0. The van der Waals surface area contributed by atoms with Gasteiger partial charge in [-0.15, -0.1) is 0 Å². The number of aromatic nitrogens is 1. The molecule has 3 rings (SSSR count). The Kier molecular flexibility index (Phi) is 2.90. The summed E-state index contributed by atoms with van der Waals surface area (Å²) in [6.45, 7) is 1.64. The second kappa shape index (κ2) is 4.69. The normalized spacial score (nSPS) is 20.4. The molecular weight excluding hydrogens is 218 g/mol. The molecule has 88 valence electrons. The van der Waals surface area contributed by atoms with Crippen molar-refractivity contribution in [2.75, 3.05) is 19.8 Å². The van der Waals surface area contributed by atoms with Crippen LogP contribution in [0.3, 0.4) is 0 Å². The molecule has 1 aromatic carbocycles. The van der Waals surface area contributed by atoms with Crippen LogP contribution in [0.25, 0.3) is 10.8 Å². The van der Waals surface area contributed by atoms with E-state index in [-0.39, 0.29) is 6.29 Å². The van der Waals surface area contributed by atoms with Crippen molar-refractivity contribution in [1.82, 2.24) is 4.98 Å². The van der Waals surface area contributed by atoms with Gasteiger partial charge in [-0.05, 0) is 17.5 Å². The van der Waals surface area contributed by atoms with Crippen LogP contribution in [-0.2, 0) is 9.47 Å². The molecule has 0 radical (unpaired) electrons. The number of nitrogens with zero attached hydrogens (tertiary/aromatic N) is 1. The van der Waals surface area contributed by atoms with Gasteiger partial charge in [-0.1, -0.05) is 18.2 Å². The predicted molar refractivity (Wildman–Crippen MR) is 62.9 cm³/mol. The minimum Gasteiger partial charge on any atom is -0.445 e. The van der Waals surface area contributed by atoms with E-state index in [0.717, 1.165) is 10.8 Å². The lowest BCUT2D eigenvalue weighted by Crippen LogP contribution is -2.33. The van der Waals surface area contributed by atoms with E-state index in [9.17, 15) is 0 Å². The summed E-state index contributed by atoms with van der Waals surface area (Å²) in [6, 6.07) is 9.94. The first-order chi connectivity index (χ1) is 8.43. The smallest absolute Gasteiger partial charge is 0.225 e. The highest BCUT2D eigenvalue weighted by Gasteiger charge is 2.17. The molecule has 0 N–H and O–H groups in total. The Morgan fingerprint density at radius 1 is 1.18 bits per heavy atom. The van der Waals surface area contributed by atoms with Gasteiger partial charge in [-0.25, -0.2) is 4.98 Å². The van der Waals surface area contributed by atoms with Crippen LogP contribution >= 0.6 is 0 Å². The third-order valence-corrected chi connectivity index (χ3v) is 2.67. The van der Waals surface area contributed by atoms with E-state index in [2.05, 4.69) is 4.98 Å². The molecule has 0 saturated carbocycles. The zero-order valence-corrected chi connectivity index (χ0v) is 9.33. The maximum atomic E-state index is 5.71. The molecule has 0 amide bonds. The highest BCUT2D eigenvalue weighted by molar-refractivity contribution is 5.86. The topological polar surface area (TPSA) is 40.6 Å². The maximum absolute atomic E-state index is 5.71. The number of benzene rings is 1. The van der Waals surface area contributed by atoms with E-state index < -0.39 is 0 Å². The first-order valence-corrected chi connectivity index (χ1v) is 5.63. The van der Waals surface area contributed by atoms with Crippen LogP contribution < -0.4 is 4.74 Å². The molecule has 0 spiro atoms. The van der Waals surface area contributed by atoms with Gasteiger partial charge < -0.3 is 14.2 Å². The lowest BCUT2D eigenvalue weighted by Gasteiger charge is -2.23. The Labute approximate surface area is 99.1 Å². The van der Waals surface area contributed by atoms with Crippen molar-refractivity contribution < 1.29 is 14.2 Å². The van der Waals surface area contributed by atoms with Crippen LogP contribution in [0.5, 0.6) is 5.88 Å². The van der Waals surface area contributed by atoms with Crippen molar-refractivity contribution in [1.29, 1.82) is 0 Å². The maximum Gasteiger partial charge on any atom is 0.225 e. The zero-order chi connectivity index (χ0) is 11.5. The van der Waals surface area contributed by atoms with Gasteiger partial charge in [0.2, 0.25) is 12.2 Å². The SMILES string of the molecule is c1ccc2c(O[C@@H]3COCCO3)nccc2c1. The van der Waals surface area contributed by atoms with Crippen LogP contribution in [0.4, 0.5) is 0 Å². The monoisotopic (exact) mass is 231 g/mol. The Morgan fingerprint density at radius 3 is 3.00 bits per heavy atom. The Morgan fingerprint density at radius 2 is 2.12 bits per heavy atom. The molecule has 1 atom stereocenters. The van der Waals surface area contributed by atoms with Crippen LogP contribution in [0.1, 0.15) is 0 Å². The molecule has 4 nitrogen and oxygen atoms in total. The highest BCUT2D eigenvalue weighted by atomic mass is 16.7. The van der Waals surface area contributed by atoms with Gasteiger partial charge in [0.15, 0.2) is 0 Å². The van der Waals surface area contributed by atoms with Crippen molar-refractivity contribution in [3.05, 3.63) is 36.5 Å². The number of rotatable bonds is 2. The van der Waals surface area contributed by atoms with Crippen molar-refractivity contribution in [3.8, 4) is 5.88 Å².